The minimum absolute atomic E-state index is 0.0947. The molecule has 0 atom stereocenters. The molecule has 0 aliphatic rings. The van der Waals surface area contributed by atoms with Crippen molar-refractivity contribution in [3.63, 3.8) is 0 Å². The lowest BCUT2D eigenvalue weighted by atomic mass is 10.1. The van der Waals surface area contributed by atoms with Crippen LogP contribution in [0.5, 0.6) is 0 Å². The fourth-order valence-electron chi connectivity index (χ4n) is 2.03. The normalized spacial score (nSPS) is 12.1. The number of urea groups is 1. The molecule has 0 saturated heterocycles. The highest BCUT2D eigenvalue weighted by atomic mass is 32.2. The van der Waals surface area contributed by atoms with Gasteiger partial charge in [-0.2, -0.15) is 10.3 Å². The third-order valence-corrected chi connectivity index (χ3v) is 4.55. The van der Waals surface area contributed by atoms with Crippen molar-refractivity contribution in [2.45, 2.75) is 40.0 Å². The number of anilines is 1. The molecule has 1 aromatic carbocycles. The highest BCUT2D eigenvalue weighted by molar-refractivity contribution is 8.14. The second-order valence-electron chi connectivity index (χ2n) is 5.76. The number of benzene rings is 1. The summed E-state index contributed by atoms with van der Waals surface area (Å²) in [7, 11) is 1.64. The molecular formula is C20H25N5O2S. The van der Waals surface area contributed by atoms with E-state index < -0.39 is 6.03 Å². The van der Waals surface area contributed by atoms with Gasteiger partial charge in [0, 0.05) is 25.2 Å². The number of nitrogens with one attached hydrogen (secondary N) is 1. The van der Waals surface area contributed by atoms with Gasteiger partial charge in [-0.25, -0.2) is 9.79 Å². The van der Waals surface area contributed by atoms with Crippen LogP contribution in [0.2, 0.25) is 0 Å². The maximum absolute atomic E-state index is 12.1. The molecule has 0 heterocycles. The highest BCUT2D eigenvalue weighted by Crippen LogP contribution is 2.18. The molecule has 1 aromatic rings. The van der Waals surface area contributed by atoms with E-state index in [1.54, 1.807) is 45.3 Å². The van der Waals surface area contributed by atoms with Crippen LogP contribution in [0.4, 0.5) is 10.5 Å². The Kier molecular flexibility index (Phi) is 10.4. The summed E-state index contributed by atoms with van der Waals surface area (Å²) in [4.78, 5) is 35.8. The first kappa shape index (κ1) is 23.2. The average molecular weight is 400 g/mol. The van der Waals surface area contributed by atoms with Crippen LogP contribution < -0.4 is 5.32 Å². The van der Waals surface area contributed by atoms with Crippen LogP contribution in [-0.4, -0.2) is 41.7 Å². The van der Waals surface area contributed by atoms with Crippen molar-refractivity contribution in [1.29, 1.82) is 5.26 Å². The number of hydrogen-bond donors (Lipinski definition) is 1. The van der Waals surface area contributed by atoms with Crippen LogP contribution in [0.3, 0.4) is 0 Å². The monoisotopic (exact) mass is 399 g/mol. The Morgan fingerprint density at radius 3 is 2.68 bits per heavy atom. The lowest BCUT2D eigenvalue weighted by molar-refractivity contribution is -0.116. The topological polar surface area (TPSA) is 107 Å². The molecule has 0 aromatic heterocycles. The largest absolute Gasteiger partial charge is 0.346 e. The number of hydrogen-bond acceptors (Lipinski definition) is 5. The third kappa shape index (κ3) is 7.84. The summed E-state index contributed by atoms with van der Waals surface area (Å²) >= 11 is 1.22. The predicted octanol–water partition coefficient (Wildman–Crippen LogP) is 4.47. The van der Waals surface area contributed by atoms with Crippen molar-refractivity contribution in [3.05, 3.63) is 29.3 Å². The molecule has 148 valence electrons. The molecule has 1 rings (SSSR count). The standard InChI is InChI=1S/C20H25N5O2S/c1-5-7-10-23-19(22-4)15-8-9-18(16(11-15)12-21)25-20(27)24-14(3)28-13-17(26)6-2/h8-11H,5-7,13H2,1-4H3,(H,25,27)/b22-19?,23-10?,24-14-. The number of ketones is 1. The molecule has 0 aliphatic heterocycles. The maximum atomic E-state index is 12.1. The first-order chi connectivity index (χ1) is 13.4. The van der Waals surface area contributed by atoms with E-state index in [0.717, 1.165) is 12.8 Å². The van der Waals surface area contributed by atoms with Gasteiger partial charge >= 0.3 is 6.03 Å². The van der Waals surface area contributed by atoms with Crippen molar-refractivity contribution in [2.24, 2.45) is 15.0 Å². The van der Waals surface area contributed by atoms with E-state index in [-0.39, 0.29) is 11.5 Å². The van der Waals surface area contributed by atoms with Gasteiger partial charge in [0.1, 0.15) is 11.9 Å². The number of rotatable bonds is 7. The minimum Gasteiger partial charge on any atom is -0.305 e. The maximum Gasteiger partial charge on any atom is 0.346 e. The SMILES string of the molecule is CCCC=NC(=NC)c1ccc(NC(=O)/N=C(/C)SCC(=O)CC)c(C#N)c1. The number of unbranched alkanes of at least 4 members (excludes halogenated alkanes) is 1. The smallest absolute Gasteiger partial charge is 0.305 e. The summed E-state index contributed by atoms with van der Waals surface area (Å²) in [6.07, 6.45) is 4.08. The van der Waals surface area contributed by atoms with E-state index in [0.29, 0.717) is 34.1 Å². The Morgan fingerprint density at radius 1 is 1.32 bits per heavy atom. The van der Waals surface area contributed by atoms with Crippen molar-refractivity contribution in [1.82, 2.24) is 0 Å². The molecule has 0 saturated carbocycles. The summed E-state index contributed by atoms with van der Waals surface area (Å²) in [5.74, 6) is 0.903. The molecule has 2 amide bonds. The number of amidine groups is 1. The number of carbonyl (C=O) groups excluding carboxylic acids is 2. The Balaban J connectivity index is 2.91. The molecule has 8 heteroatoms. The number of nitriles is 1. The highest BCUT2D eigenvalue weighted by Gasteiger charge is 2.10. The van der Waals surface area contributed by atoms with Gasteiger partial charge in [-0.15, -0.1) is 11.8 Å². The van der Waals surface area contributed by atoms with Gasteiger partial charge in [0.25, 0.3) is 0 Å². The predicted molar refractivity (Wildman–Crippen MR) is 117 cm³/mol. The fourth-order valence-corrected chi connectivity index (χ4v) is 2.75. The number of aliphatic imine (C=N–C) groups is 3. The van der Waals surface area contributed by atoms with Crippen LogP contribution >= 0.6 is 11.8 Å². The van der Waals surface area contributed by atoms with Gasteiger partial charge in [-0.05, 0) is 31.5 Å². The summed E-state index contributed by atoms with van der Waals surface area (Å²) in [5, 5.41) is 12.5. The van der Waals surface area contributed by atoms with E-state index in [1.165, 1.54) is 11.8 Å². The first-order valence-electron chi connectivity index (χ1n) is 8.99. The van der Waals surface area contributed by atoms with Gasteiger partial charge in [-0.1, -0.05) is 20.3 Å². The Bertz CT molecular complexity index is 837. The minimum atomic E-state index is -0.594. The summed E-state index contributed by atoms with van der Waals surface area (Å²) in [5.41, 5.74) is 1.34. The van der Waals surface area contributed by atoms with Gasteiger partial charge in [0.05, 0.1) is 22.0 Å². The van der Waals surface area contributed by atoms with Crippen LogP contribution in [0.15, 0.2) is 33.2 Å². The number of amides is 2. The second-order valence-corrected chi connectivity index (χ2v) is 6.93. The molecule has 0 unspecified atom stereocenters. The Hall–Kier alpha value is -2.79. The first-order valence-corrected chi connectivity index (χ1v) is 9.98. The summed E-state index contributed by atoms with van der Waals surface area (Å²) < 4.78 is 0. The molecule has 7 nitrogen and oxygen atoms in total. The number of thioether (sulfide) groups is 1. The zero-order valence-corrected chi connectivity index (χ0v) is 17.5. The molecule has 28 heavy (non-hydrogen) atoms. The van der Waals surface area contributed by atoms with Gasteiger partial charge < -0.3 is 5.32 Å². The zero-order chi connectivity index (χ0) is 20.9. The summed E-state index contributed by atoms with van der Waals surface area (Å²) in [6, 6.07) is 6.48. The van der Waals surface area contributed by atoms with Gasteiger partial charge in [-0.3, -0.25) is 9.79 Å². The molecule has 0 aliphatic carbocycles. The lowest BCUT2D eigenvalue weighted by Gasteiger charge is -2.07. The fraction of sp³-hybridized carbons (Fsp3) is 0.400. The number of Topliss-reactive ketones (excluding diaryl/α,β-unsaturated/α-hetero) is 1. The van der Waals surface area contributed by atoms with Crippen molar-refractivity contribution >= 4 is 46.4 Å². The number of nitrogens with zero attached hydrogens (tertiary/aromatic N) is 4. The molecule has 0 fully saturated rings. The molecular weight excluding hydrogens is 374 g/mol. The van der Waals surface area contributed by atoms with Gasteiger partial charge in [0.15, 0.2) is 5.84 Å². The zero-order valence-electron chi connectivity index (χ0n) is 16.7. The van der Waals surface area contributed by atoms with Crippen molar-refractivity contribution in [2.75, 3.05) is 18.1 Å². The van der Waals surface area contributed by atoms with Gasteiger partial charge in [0.2, 0.25) is 0 Å². The molecule has 1 N–H and O–H groups in total. The molecule has 0 bridgehead atoms. The lowest BCUT2D eigenvalue weighted by Crippen LogP contribution is -2.11. The van der Waals surface area contributed by atoms with Crippen molar-refractivity contribution in [3.8, 4) is 6.07 Å². The van der Waals surface area contributed by atoms with E-state index in [2.05, 4.69) is 33.3 Å². The van der Waals surface area contributed by atoms with Crippen molar-refractivity contribution < 1.29 is 9.59 Å². The second kappa shape index (κ2) is 12.6. The number of carbonyl (C=O) groups is 2. The average Bonchev–Trinajstić information content (AvgIpc) is 2.69. The van der Waals surface area contributed by atoms with E-state index in [4.69, 9.17) is 0 Å². The quantitative estimate of drug-likeness (QED) is 0.539. The third-order valence-electron chi connectivity index (χ3n) is 3.58. The molecule has 0 radical (unpaired) electrons. The summed E-state index contributed by atoms with van der Waals surface area (Å²) in [6.45, 7) is 5.52. The van der Waals surface area contributed by atoms with E-state index in [9.17, 15) is 14.9 Å². The van der Waals surface area contributed by atoms with Crippen LogP contribution in [0.1, 0.15) is 51.2 Å². The Labute approximate surface area is 170 Å². The van der Waals surface area contributed by atoms with Crippen LogP contribution in [-0.2, 0) is 4.79 Å². The Morgan fingerprint density at radius 2 is 2.07 bits per heavy atom. The van der Waals surface area contributed by atoms with Crippen LogP contribution in [0, 0.1) is 11.3 Å². The van der Waals surface area contributed by atoms with Crippen LogP contribution in [0.25, 0.3) is 0 Å². The van der Waals surface area contributed by atoms with E-state index in [1.807, 2.05) is 0 Å². The van der Waals surface area contributed by atoms with E-state index >= 15 is 0 Å². The molecule has 0 spiro atoms.